The maximum atomic E-state index is 15.2. The Kier molecular flexibility index (Phi) is 8.26. The molecule has 0 bridgehead atoms. The summed E-state index contributed by atoms with van der Waals surface area (Å²) >= 11 is 0. The molecule has 1 aromatic carbocycles. The number of allylic oxidation sites excluding steroid dienone is 3. The zero-order valence-corrected chi connectivity index (χ0v) is 18.6. The molecule has 0 aliphatic carbocycles. The summed E-state index contributed by atoms with van der Waals surface area (Å²) in [6, 6.07) is 4.95. The first-order chi connectivity index (χ1) is 15.9. The number of rotatable bonds is 7. The van der Waals surface area contributed by atoms with E-state index in [1.54, 1.807) is 30.2 Å². The third-order valence-corrected chi connectivity index (χ3v) is 5.13. The van der Waals surface area contributed by atoms with E-state index in [9.17, 15) is 9.18 Å². The SMILES string of the molecule is C=C\C(F)=C/C=N/C(=C/C[C@H]1CN(C(=O)OC)CCO1)c1c(C)cc(-c2cc[nH]n2)cc1F. The minimum absolute atomic E-state index is 0.290. The Morgan fingerprint density at radius 1 is 1.48 bits per heavy atom. The van der Waals surface area contributed by atoms with Gasteiger partial charge in [0.15, 0.2) is 0 Å². The number of amides is 1. The van der Waals surface area contributed by atoms with Crippen LogP contribution < -0.4 is 0 Å². The maximum Gasteiger partial charge on any atom is 0.409 e. The van der Waals surface area contributed by atoms with E-state index in [0.29, 0.717) is 54.2 Å². The highest BCUT2D eigenvalue weighted by Crippen LogP contribution is 2.29. The number of aromatic nitrogens is 2. The molecule has 9 heteroatoms. The van der Waals surface area contributed by atoms with Crippen molar-refractivity contribution >= 4 is 18.0 Å². The van der Waals surface area contributed by atoms with E-state index >= 15 is 4.39 Å². The molecule has 1 fully saturated rings. The van der Waals surface area contributed by atoms with Crippen LogP contribution in [0.5, 0.6) is 0 Å². The molecule has 7 nitrogen and oxygen atoms in total. The minimum Gasteiger partial charge on any atom is -0.453 e. The largest absolute Gasteiger partial charge is 0.453 e. The van der Waals surface area contributed by atoms with Crippen molar-refractivity contribution in [2.24, 2.45) is 4.99 Å². The Balaban J connectivity index is 1.91. The van der Waals surface area contributed by atoms with E-state index < -0.39 is 17.7 Å². The van der Waals surface area contributed by atoms with Crippen LogP contribution in [0.1, 0.15) is 17.5 Å². The number of aliphatic imine (C=N–C) groups is 1. The van der Waals surface area contributed by atoms with Crippen LogP contribution in [0.15, 0.2) is 60.0 Å². The van der Waals surface area contributed by atoms with Crippen LogP contribution in [0.4, 0.5) is 13.6 Å². The number of H-pyrrole nitrogens is 1. The molecule has 1 saturated heterocycles. The van der Waals surface area contributed by atoms with Crippen LogP contribution in [0.3, 0.4) is 0 Å². The summed E-state index contributed by atoms with van der Waals surface area (Å²) < 4.78 is 39.2. The number of aromatic amines is 1. The number of halogens is 2. The number of aryl methyl sites for hydroxylation is 1. The van der Waals surface area contributed by atoms with Gasteiger partial charge in [0, 0.05) is 30.1 Å². The van der Waals surface area contributed by atoms with Gasteiger partial charge in [0.1, 0.15) is 11.6 Å². The molecule has 1 aromatic heterocycles. The van der Waals surface area contributed by atoms with Gasteiger partial charge in [-0.2, -0.15) is 5.10 Å². The smallest absolute Gasteiger partial charge is 0.409 e. The van der Waals surface area contributed by atoms with Crippen molar-refractivity contribution in [3.63, 3.8) is 0 Å². The summed E-state index contributed by atoms with van der Waals surface area (Å²) in [6.07, 6.45) is 6.47. The lowest BCUT2D eigenvalue weighted by atomic mass is 9.99. The number of morpholine rings is 1. The fraction of sp³-hybridized carbons (Fsp3) is 0.292. The molecular weight excluding hydrogens is 430 g/mol. The van der Waals surface area contributed by atoms with Gasteiger partial charge in [0.05, 0.1) is 37.8 Å². The second kappa shape index (κ2) is 11.3. The first kappa shape index (κ1) is 24.1. The fourth-order valence-electron chi connectivity index (χ4n) is 3.51. The lowest BCUT2D eigenvalue weighted by Gasteiger charge is -2.31. The molecule has 174 valence electrons. The molecule has 0 saturated carbocycles. The highest BCUT2D eigenvalue weighted by molar-refractivity contribution is 5.82. The van der Waals surface area contributed by atoms with Gasteiger partial charge >= 0.3 is 6.09 Å². The van der Waals surface area contributed by atoms with Crippen LogP contribution in [-0.2, 0) is 9.47 Å². The third kappa shape index (κ3) is 6.23. The van der Waals surface area contributed by atoms with Gasteiger partial charge in [-0.1, -0.05) is 12.7 Å². The Morgan fingerprint density at radius 2 is 2.30 bits per heavy atom. The van der Waals surface area contributed by atoms with E-state index in [1.165, 1.54) is 19.4 Å². The highest BCUT2D eigenvalue weighted by Gasteiger charge is 2.24. The number of nitrogens with one attached hydrogen (secondary N) is 1. The van der Waals surface area contributed by atoms with Gasteiger partial charge in [-0.05, 0) is 49.3 Å². The number of hydrogen-bond acceptors (Lipinski definition) is 5. The monoisotopic (exact) mass is 456 g/mol. The van der Waals surface area contributed by atoms with Gasteiger partial charge in [-0.3, -0.25) is 10.1 Å². The molecule has 1 atom stereocenters. The van der Waals surface area contributed by atoms with Gasteiger partial charge in [0.2, 0.25) is 0 Å². The minimum atomic E-state index is -0.562. The predicted octanol–water partition coefficient (Wildman–Crippen LogP) is 4.83. The molecule has 2 heterocycles. The van der Waals surface area contributed by atoms with Gasteiger partial charge in [-0.25, -0.2) is 13.6 Å². The standard InChI is InChI=1S/C24H26F2N4O3/c1-4-18(25)7-9-27-22(6-5-19-15-30(11-12-33-19)24(31)32-3)23-16(2)13-17(14-20(23)26)21-8-10-28-29-21/h4,6-10,13-14,19H,1,5,11-12,15H2,2-3H3,(H,28,29)/b18-7+,22-6+,27-9+/t19-/m0/s1. The average molecular weight is 456 g/mol. The van der Waals surface area contributed by atoms with Crippen molar-refractivity contribution in [2.45, 2.75) is 19.4 Å². The molecule has 1 aliphatic rings. The molecule has 3 rings (SSSR count). The summed E-state index contributed by atoms with van der Waals surface area (Å²) in [6.45, 7) is 6.27. The Hall–Kier alpha value is -3.59. The maximum absolute atomic E-state index is 15.2. The fourth-order valence-corrected chi connectivity index (χ4v) is 3.51. The van der Waals surface area contributed by atoms with E-state index in [-0.39, 0.29) is 6.10 Å². The van der Waals surface area contributed by atoms with Gasteiger partial charge in [-0.15, -0.1) is 0 Å². The first-order valence-corrected chi connectivity index (χ1v) is 10.4. The zero-order valence-electron chi connectivity index (χ0n) is 18.6. The van der Waals surface area contributed by atoms with Crippen molar-refractivity contribution in [1.82, 2.24) is 15.1 Å². The Morgan fingerprint density at radius 3 is 2.97 bits per heavy atom. The number of carbonyl (C=O) groups excluding carboxylic acids is 1. The number of benzene rings is 1. The molecule has 33 heavy (non-hydrogen) atoms. The second-order valence-corrected chi connectivity index (χ2v) is 7.38. The van der Waals surface area contributed by atoms with Crippen LogP contribution in [0.25, 0.3) is 17.0 Å². The topological polar surface area (TPSA) is 79.8 Å². The van der Waals surface area contributed by atoms with E-state index in [0.717, 1.165) is 12.2 Å². The molecule has 0 unspecified atom stereocenters. The molecule has 1 N–H and O–H groups in total. The third-order valence-electron chi connectivity index (χ3n) is 5.13. The molecule has 0 radical (unpaired) electrons. The van der Waals surface area contributed by atoms with Crippen LogP contribution >= 0.6 is 0 Å². The summed E-state index contributed by atoms with van der Waals surface area (Å²) in [5.41, 5.74) is 2.50. The average Bonchev–Trinajstić information content (AvgIpc) is 3.36. The van der Waals surface area contributed by atoms with Crippen molar-refractivity contribution in [3.8, 4) is 11.3 Å². The van der Waals surface area contributed by atoms with E-state index in [2.05, 4.69) is 21.8 Å². The van der Waals surface area contributed by atoms with Crippen LogP contribution in [-0.4, -0.2) is 60.3 Å². The number of carbonyl (C=O) groups is 1. The summed E-state index contributed by atoms with van der Waals surface area (Å²) in [5.74, 6) is -1.04. The number of ether oxygens (including phenoxy) is 2. The van der Waals surface area contributed by atoms with Gasteiger partial charge in [0.25, 0.3) is 0 Å². The number of nitrogens with zero attached hydrogens (tertiary/aromatic N) is 3. The predicted molar refractivity (Wildman–Crippen MR) is 123 cm³/mol. The summed E-state index contributed by atoms with van der Waals surface area (Å²) in [7, 11) is 1.33. The summed E-state index contributed by atoms with van der Waals surface area (Å²) in [5, 5.41) is 6.81. The molecule has 2 aromatic rings. The van der Waals surface area contributed by atoms with Gasteiger partial charge < -0.3 is 14.4 Å². The molecular formula is C24H26F2N4O3. The zero-order chi connectivity index (χ0) is 23.8. The highest BCUT2D eigenvalue weighted by atomic mass is 19.1. The quantitative estimate of drug-likeness (QED) is 0.478. The van der Waals surface area contributed by atoms with Crippen molar-refractivity contribution < 1.29 is 23.0 Å². The molecule has 1 aliphatic heterocycles. The number of hydrogen-bond donors (Lipinski definition) is 1. The normalized spacial score (nSPS) is 17.5. The first-order valence-electron chi connectivity index (χ1n) is 10.4. The molecule has 1 amide bonds. The lowest BCUT2D eigenvalue weighted by Crippen LogP contribution is -2.45. The summed E-state index contributed by atoms with van der Waals surface area (Å²) in [4.78, 5) is 17.7. The van der Waals surface area contributed by atoms with Crippen molar-refractivity contribution in [2.75, 3.05) is 26.8 Å². The van der Waals surface area contributed by atoms with Crippen LogP contribution in [0.2, 0.25) is 0 Å². The number of methoxy groups -OCH3 is 1. The lowest BCUT2D eigenvalue weighted by molar-refractivity contribution is -0.0224. The Bertz CT molecular complexity index is 1050. The Labute approximate surface area is 191 Å². The van der Waals surface area contributed by atoms with E-state index in [1.807, 2.05) is 6.07 Å². The van der Waals surface area contributed by atoms with E-state index in [4.69, 9.17) is 9.47 Å². The van der Waals surface area contributed by atoms with Crippen molar-refractivity contribution in [3.05, 3.63) is 72.0 Å². The molecule has 0 spiro atoms. The second-order valence-electron chi connectivity index (χ2n) is 7.38. The van der Waals surface area contributed by atoms with Crippen LogP contribution in [0, 0.1) is 12.7 Å². The van der Waals surface area contributed by atoms with Crippen molar-refractivity contribution in [1.29, 1.82) is 0 Å².